The molecule has 0 atom stereocenters. The SMILES string of the molecule is CN1CCC(c2ncno2)=N1. The van der Waals surface area contributed by atoms with Gasteiger partial charge in [-0.25, -0.2) is 0 Å². The minimum Gasteiger partial charge on any atom is -0.333 e. The molecule has 1 aliphatic rings. The van der Waals surface area contributed by atoms with Crippen molar-refractivity contribution in [1.82, 2.24) is 15.1 Å². The van der Waals surface area contributed by atoms with Crippen molar-refractivity contribution in [3.8, 4) is 0 Å². The molecule has 0 aromatic carbocycles. The molecule has 0 saturated heterocycles. The Morgan fingerprint density at radius 2 is 2.55 bits per heavy atom. The van der Waals surface area contributed by atoms with E-state index in [2.05, 4.69) is 15.2 Å². The first-order chi connectivity index (χ1) is 5.36. The molecule has 11 heavy (non-hydrogen) atoms. The van der Waals surface area contributed by atoms with Gasteiger partial charge in [-0.3, -0.25) is 5.01 Å². The third-order valence-electron chi connectivity index (χ3n) is 1.57. The zero-order valence-corrected chi connectivity index (χ0v) is 6.19. The van der Waals surface area contributed by atoms with Gasteiger partial charge in [-0.05, 0) is 0 Å². The van der Waals surface area contributed by atoms with Gasteiger partial charge in [0.15, 0.2) is 6.33 Å². The van der Waals surface area contributed by atoms with Crippen LogP contribution in [0.1, 0.15) is 12.3 Å². The van der Waals surface area contributed by atoms with Crippen molar-refractivity contribution in [2.45, 2.75) is 6.42 Å². The number of hydrazone groups is 1. The van der Waals surface area contributed by atoms with Crippen molar-refractivity contribution >= 4 is 5.71 Å². The highest BCUT2D eigenvalue weighted by Crippen LogP contribution is 2.08. The summed E-state index contributed by atoms with van der Waals surface area (Å²) in [6.07, 6.45) is 2.27. The molecular weight excluding hydrogens is 144 g/mol. The maximum atomic E-state index is 4.85. The van der Waals surface area contributed by atoms with Crippen LogP contribution in [0.2, 0.25) is 0 Å². The zero-order chi connectivity index (χ0) is 7.68. The molecule has 58 valence electrons. The standard InChI is InChI=1S/C6H8N4O/c1-10-3-2-5(9-10)6-7-4-8-11-6/h4H,2-3H2,1H3. The van der Waals surface area contributed by atoms with Gasteiger partial charge < -0.3 is 4.52 Å². The number of nitrogens with zero attached hydrogens (tertiary/aromatic N) is 4. The van der Waals surface area contributed by atoms with Crippen LogP contribution in [0.5, 0.6) is 0 Å². The first kappa shape index (κ1) is 6.33. The van der Waals surface area contributed by atoms with Gasteiger partial charge in [0.1, 0.15) is 5.71 Å². The Balaban J connectivity index is 2.25. The zero-order valence-electron chi connectivity index (χ0n) is 6.19. The summed E-state index contributed by atoms with van der Waals surface area (Å²) in [7, 11) is 1.92. The van der Waals surface area contributed by atoms with Crippen LogP contribution in [0.25, 0.3) is 0 Å². The molecule has 0 N–H and O–H groups in total. The first-order valence-electron chi connectivity index (χ1n) is 3.42. The number of aromatic nitrogens is 2. The van der Waals surface area contributed by atoms with Crippen LogP contribution in [-0.2, 0) is 0 Å². The first-order valence-corrected chi connectivity index (χ1v) is 3.42. The van der Waals surface area contributed by atoms with E-state index in [1.54, 1.807) is 0 Å². The molecule has 5 heteroatoms. The van der Waals surface area contributed by atoms with Gasteiger partial charge >= 0.3 is 0 Å². The maximum Gasteiger partial charge on any atom is 0.273 e. The quantitative estimate of drug-likeness (QED) is 0.573. The minimum absolute atomic E-state index is 0.536. The van der Waals surface area contributed by atoms with Gasteiger partial charge in [0, 0.05) is 20.0 Å². The monoisotopic (exact) mass is 152 g/mol. The second-order valence-electron chi connectivity index (χ2n) is 2.42. The van der Waals surface area contributed by atoms with Crippen LogP contribution >= 0.6 is 0 Å². The molecule has 2 rings (SSSR count). The molecule has 0 radical (unpaired) electrons. The van der Waals surface area contributed by atoms with E-state index in [-0.39, 0.29) is 0 Å². The molecule has 0 unspecified atom stereocenters. The van der Waals surface area contributed by atoms with E-state index in [0.717, 1.165) is 18.7 Å². The molecule has 1 aromatic heterocycles. The van der Waals surface area contributed by atoms with Crippen molar-refractivity contribution in [1.29, 1.82) is 0 Å². The Kier molecular flexibility index (Phi) is 1.34. The molecule has 2 heterocycles. The third kappa shape index (κ3) is 1.09. The Hall–Kier alpha value is -1.39. The summed E-state index contributed by atoms with van der Waals surface area (Å²) in [4.78, 5) is 3.90. The summed E-state index contributed by atoms with van der Waals surface area (Å²) in [5, 5.41) is 9.55. The van der Waals surface area contributed by atoms with Crippen molar-refractivity contribution < 1.29 is 4.52 Å². The van der Waals surface area contributed by atoms with Crippen LogP contribution < -0.4 is 0 Å². The lowest BCUT2D eigenvalue weighted by Gasteiger charge is -2.00. The molecular formula is C6H8N4O. The van der Waals surface area contributed by atoms with Gasteiger partial charge in [-0.1, -0.05) is 5.16 Å². The highest BCUT2D eigenvalue weighted by molar-refractivity contribution is 5.97. The van der Waals surface area contributed by atoms with Crippen LogP contribution in [-0.4, -0.2) is 34.5 Å². The van der Waals surface area contributed by atoms with Gasteiger partial charge in [0.2, 0.25) is 0 Å². The van der Waals surface area contributed by atoms with Crippen molar-refractivity contribution in [2.24, 2.45) is 5.10 Å². The van der Waals surface area contributed by atoms with Crippen LogP contribution in [0.4, 0.5) is 0 Å². The summed E-state index contributed by atoms with van der Waals surface area (Å²) in [5.74, 6) is 0.536. The largest absolute Gasteiger partial charge is 0.333 e. The minimum atomic E-state index is 0.536. The third-order valence-corrected chi connectivity index (χ3v) is 1.57. The van der Waals surface area contributed by atoms with E-state index in [4.69, 9.17) is 4.52 Å². The van der Waals surface area contributed by atoms with Crippen LogP contribution in [0, 0.1) is 0 Å². The summed E-state index contributed by atoms with van der Waals surface area (Å²) in [6, 6.07) is 0. The highest BCUT2D eigenvalue weighted by atomic mass is 16.5. The fourth-order valence-corrected chi connectivity index (χ4v) is 1.02. The molecule has 1 aromatic rings. The lowest BCUT2D eigenvalue weighted by molar-refractivity contribution is 0.391. The van der Waals surface area contributed by atoms with Crippen molar-refractivity contribution in [3.63, 3.8) is 0 Å². The Morgan fingerprint density at radius 3 is 3.09 bits per heavy atom. The van der Waals surface area contributed by atoms with Crippen LogP contribution in [0.15, 0.2) is 16.0 Å². The fraction of sp³-hybridized carbons (Fsp3) is 0.500. The number of hydrogen-bond acceptors (Lipinski definition) is 5. The average molecular weight is 152 g/mol. The van der Waals surface area contributed by atoms with Gasteiger partial charge in [-0.2, -0.15) is 10.1 Å². The smallest absolute Gasteiger partial charge is 0.273 e. The lowest BCUT2D eigenvalue weighted by Crippen LogP contribution is -2.04. The van der Waals surface area contributed by atoms with E-state index >= 15 is 0 Å². The molecule has 0 amide bonds. The van der Waals surface area contributed by atoms with Gasteiger partial charge in [0.25, 0.3) is 5.89 Å². The second kappa shape index (κ2) is 2.34. The molecule has 5 nitrogen and oxygen atoms in total. The molecule has 0 aliphatic carbocycles. The summed E-state index contributed by atoms with van der Waals surface area (Å²) in [5.41, 5.74) is 0.880. The number of hydrogen-bond donors (Lipinski definition) is 0. The van der Waals surface area contributed by atoms with E-state index in [9.17, 15) is 0 Å². The van der Waals surface area contributed by atoms with Crippen molar-refractivity contribution in [2.75, 3.05) is 13.6 Å². The van der Waals surface area contributed by atoms with E-state index < -0.39 is 0 Å². The molecule has 0 bridgehead atoms. The molecule has 0 spiro atoms. The summed E-state index contributed by atoms with van der Waals surface area (Å²) in [6.45, 7) is 0.928. The van der Waals surface area contributed by atoms with Crippen LogP contribution in [0.3, 0.4) is 0 Å². The van der Waals surface area contributed by atoms with Gasteiger partial charge in [0.05, 0.1) is 0 Å². The predicted molar refractivity (Wildman–Crippen MR) is 38.1 cm³/mol. The lowest BCUT2D eigenvalue weighted by atomic mass is 10.3. The highest BCUT2D eigenvalue weighted by Gasteiger charge is 2.16. The topological polar surface area (TPSA) is 54.5 Å². The average Bonchev–Trinajstić information content (AvgIpc) is 2.55. The molecule has 1 aliphatic heterocycles. The molecule has 0 saturated carbocycles. The summed E-state index contributed by atoms with van der Waals surface area (Å²) < 4.78 is 4.85. The Morgan fingerprint density at radius 1 is 1.64 bits per heavy atom. The Bertz CT molecular complexity index is 266. The van der Waals surface area contributed by atoms with Gasteiger partial charge in [-0.15, -0.1) is 0 Å². The van der Waals surface area contributed by atoms with E-state index in [1.165, 1.54) is 6.33 Å². The second-order valence-corrected chi connectivity index (χ2v) is 2.42. The van der Waals surface area contributed by atoms with E-state index in [1.807, 2.05) is 12.1 Å². The summed E-state index contributed by atoms with van der Waals surface area (Å²) >= 11 is 0. The molecule has 0 fully saturated rings. The Labute approximate surface area is 63.7 Å². The normalized spacial score (nSPS) is 17.2. The number of rotatable bonds is 1. The predicted octanol–water partition coefficient (Wildman–Crippen LogP) is 0.109. The fourth-order valence-electron chi connectivity index (χ4n) is 1.02. The van der Waals surface area contributed by atoms with E-state index in [0.29, 0.717) is 5.89 Å². The maximum absolute atomic E-state index is 4.85. The van der Waals surface area contributed by atoms with Crippen molar-refractivity contribution in [3.05, 3.63) is 12.2 Å².